The second-order valence-electron chi connectivity index (χ2n) is 0. The molecule has 0 nitrogen and oxygen atoms in total. The SMILES string of the molecule is [AlH3].[Ni].[SnH2].[Zr]. The molecule has 0 aromatic carbocycles. The Morgan fingerprint density at radius 3 is 1.00 bits per heavy atom. The minimum Gasteiger partial charge on any atom is 0 e. The van der Waals surface area contributed by atoms with Gasteiger partial charge in [-0.2, -0.15) is 0 Å². The van der Waals surface area contributed by atoms with Gasteiger partial charge in [0.1, 0.15) is 0 Å². The molecular weight excluding hydrogens is 296 g/mol. The summed E-state index contributed by atoms with van der Waals surface area (Å²) in [5.74, 6) is 0. The average molecular weight is 301 g/mol. The van der Waals surface area contributed by atoms with E-state index in [2.05, 4.69) is 0 Å². The summed E-state index contributed by atoms with van der Waals surface area (Å²) in [4.78, 5) is 0. The zero-order valence-corrected chi connectivity index (χ0v) is 9.01. The summed E-state index contributed by atoms with van der Waals surface area (Å²) in [5.41, 5.74) is 0. The van der Waals surface area contributed by atoms with E-state index in [9.17, 15) is 0 Å². The molecule has 0 aromatic heterocycles. The van der Waals surface area contributed by atoms with E-state index in [0.717, 1.165) is 0 Å². The van der Waals surface area contributed by atoms with Crippen LogP contribution in [0, 0.1) is 0 Å². The smallest absolute Gasteiger partial charge is 0 e. The van der Waals surface area contributed by atoms with Crippen molar-refractivity contribution in [3.05, 3.63) is 0 Å². The molecule has 0 aliphatic rings. The fraction of sp³-hybridized carbons (Fsp3) is 0. The van der Waals surface area contributed by atoms with Crippen LogP contribution in [0.5, 0.6) is 0 Å². The van der Waals surface area contributed by atoms with Crippen molar-refractivity contribution in [3.8, 4) is 0 Å². The first-order valence-corrected chi connectivity index (χ1v) is 0. The molecule has 0 amide bonds. The van der Waals surface area contributed by atoms with E-state index in [1.807, 2.05) is 0 Å². The van der Waals surface area contributed by atoms with Crippen molar-refractivity contribution < 1.29 is 42.7 Å². The van der Waals surface area contributed by atoms with Gasteiger partial charge in [0, 0.05) is 42.7 Å². The van der Waals surface area contributed by atoms with Crippen LogP contribution in [-0.4, -0.2) is 41.3 Å². The fourth-order valence-electron chi connectivity index (χ4n) is 0. The van der Waals surface area contributed by atoms with Crippen LogP contribution in [0.25, 0.3) is 0 Å². The third-order valence-corrected chi connectivity index (χ3v) is 0. The molecular formula is H5AlNiSnZr. The Kier molecular flexibility index (Phi) is 129. The second kappa shape index (κ2) is 17.3. The summed E-state index contributed by atoms with van der Waals surface area (Å²) in [7, 11) is 0. The molecule has 0 atom stereocenters. The minimum absolute atomic E-state index is 0. The number of rotatable bonds is 0. The number of hydrogen-bond donors (Lipinski definition) is 0. The average Bonchev–Trinajstić information content (AvgIpc) is 0. The molecule has 0 saturated heterocycles. The van der Waals surface area contributed by atoms with Gasteiger partial charge in [0.05, 0.1) is 0 Å². The summed E-state index contributed by atoms with van der Waals surface area (Å²) in [6, 6.07) is 0. The van der Waals surface area contributed by atoms with Crippen LogP contribution in [0.2, 0.25) is 0 Å². The molecule has 0 bridgehead atoms. The third kappa shape index (κ3) is 8.83. The first-order chi connectivity index (χ1) is 0. The Bertz CT molecular complexity index is 8.00. The fourth-order valence-corrected chi connectivity index (χ4v) is 0. The van der Waals surface area contributed by atoms with Crippen molar-refractivity contribution in [1.82, 2.24) is 0 Å². The molecule has 0 saturated carbocycles. The Hall–Kier alpha value is 2.71. The van der Waals surface area contributed by atoms with Crippen LogP contribution in [-0.2, 0) is 42.7 Å². The van der Waals surface area contributed by atoms with E-state index >= 15 is 0 Å². The van der Waals surface area contributed by atoms with E-state index in [4.69, 9.17) is 0 Å². The van der Waals surface area contributed by atoms with Crippen LogP contribution in [0.1, 0.15) is 0 Å². The van der Waals surface area contributed by atoms with Crippen molar-refractivity contribution in [2.24, 2.45) is 0 Å². The quantitative estimate of drug-likeness (QED) is 0.450. The Balaban J connectivity index is 0. The van der Waals surface area contributed by atoms with Crippen LogP contribution in [0.15, 0.2) is 0 Å². The van der Waals surface area contributed by atoms with Gasteiger partial charge in [-0.25, -0.2) is 0 Å². The van der Waals surface area contributed by atoms with Gasteiger partial charge < -0.3 is 0 Å². The first-order valence-electron chi connectivity index (χ1n) is 0. The van der Waals surface area contributed by atoms with Crippen molar-refractivity contribution in [1.29, 1.82) is 0 Å². The van der Waals surface area contributed by atoms with E-state index in [0.29, 0.717) is 0 Å². The second-order valence-corrected chi connectivity index (χ2v) is 0. The minimum atomic E-state index is 0. The Labute approximate surface area is 82.6 Å². The van der Waals surface area contributed by atoms with E-state index in [1.165, 1.54) is 0 Å². The molecule has 0 aliphatic heterocycles. The normalized spacial score (nSPS) is 0. The third-order valence-electron chi connectivity index (χ3n) is 0. The van der Waals surface area contributed by atoms with Gasteiger partial charge in [-0.1, -0.05) is 0 Å². The monoisotopic (exact) mass is 300 g/mol. The Morgan fingerprint density at radius 2 is 1.00 bits per heavy atom. The van der Waals surface area contributed by atoms with Gasteiger partial charge in [0.2, 0.25) is 0 Å². The molecule has 0 rings (SSSR count). The van der Waals surface area contributed by atoms with E-state index in [1.54, 1.807) is 0 Å². The van der Waals surface area contributed by atoms with Gasteiger partial charge >= 0.3 is 23.9 Å². The van der Waals surface area contributed by atoms with Gasteiger partial charge in [0.15, 0.2) is 17.4 Å². The molecule has 0 aliphatic carbocycles. The topological polar surface area (TPSA) is 0 Å². The van der Waals surface area contributed by atoms with Crippen molar-refractivity contribution in [3.63, 3.8) is 0 Å². The first kappa shape index (κ1) is 29.8. The summed E-state index contributed by atoms with van der Waals surface area (Å²) in [5, 5.41) is 0. The van der Waals surface area contributed by atoms with Gasteiger partial charge in [-0.3, -0.25) is 0 Å². The molecule has 0 unspecified atom stereocenters. The van der Waals surface area contributed by atoms with Crippen molar-refractivity contribution in [2.45, 2.75) is 0 Å². The summed E-state index contributed by atoms with van der Waals surface area (Å²) < 4.78 is 0. The van der Waals surface area contributed by atoms with Crippen LogP contribution in [0.4, 0.5) is 0 Å². The van der Waals surface area contributed by atoms with Gasteiger partial charge in [0.25, 0.3) is 0 Å². The van der Waals surface area contributed by atoms with Crippen molar-refractivity contribution in [2.75, 3.05) is 0 Å². The zero-order chi connectivity index (χ0) is 0. The molecule has 2 radical (unpaired) electrons. The van der Waals surface area contributed by atoms with Crippen LogP contribution < -0.4 is 0 Å². The predicted molar refractivity (Wildman–Crippen MR) is 18.5 cm³/mol. The predicted octanol–water partition coefficient (Wildman–Crippen LogP) is -2.11. The number of hydrogen-bond acceptors (Lipinski definition) is 0. The van der Waals surface area contributed by atoms with Crippen LogP contribution >= 0.6 is 0 Å². The maximum absolute atomic E-state index is 0. The Morgan fingerprint density at radius 1 is 1.00 bits per heavy atom. The maximum atomic E-state index is 0. The van der Waals surface area contributed by atoms with E-state index in [-0.39, 0.29) is 84.0 Å². The molecule has 26 valence electrons. The molecule has 4 heavy (non-hydrogen) atoms. The zero-order valence-electron chi connectivity index (χ0n) is 1.52. The van der Waals surface area contributed by atoms with Crippen molar-refractivity contribution >= 4 is 41.3 Å². The van der Waals surface area contributed by atoms with Crippen LogP contribution in [0.3, 0.4) is 0 Å². The van der Waals surface area contributed by atoms with Gasteiger partial charge in [-0.15, -0.1) is 0 Å². The summed E-state index contributed by atoms with van der Waals surface area (Å²) in [6.07, 6.45) is 0. The van der Waals surface area contributed by atoms with Gasteiger partial charge in [-0.05, 0) is 0 Å². The molecule has 0 N–H and O–H groups in total. The summed E-state index contributed by atoms with van der Waals surface area (Å²) in [6.45, 7) is 0. The molecule has 0 spiro atoms. The van der Waals surface area contributed by atoms with E-state index < -0.39 is 0 Å². The maximum Gasteiger partial charge on any atom is 0 e. The molecule has 0 heterocycles. The largest absolute Gasteiger partial charge is 0 e. The standard InChI is InChI=1S/Al.Ni.Sn.Zr.5H. The molecule has 0 aromatic rings. The molecule has 0 fully saturated rings. The molecule has 4 heteroatoms. The summed E-state index contributed by atoms with van der Waals surface area (Å²) >= 11 is 0.